The van der Waals surface area contributed by atoms with Crippen LogP contribution in [0.5, 0.6) is 5.88 Å². The molecule has 2 aromatic rings. The highest BCUT2D eigenvalue weighted by Gasteiger charge is 2.36. The Bertz CT molecular complexity index is 995. The molecular weight excluding hydrogens is 420 g/mol. The first-order valence-electron chi connectivity index (χ1n) is 11.6. The van der Waals surface area contributed by atoms with Crippen molar-refractivity contribution in [1.29, 1.82) is 0 Å². The van der Waals surface area contributed by atoms with Gasteiger partial charge in [0.15, 0.2) is 0 Å². The van der Waals surface area contributed by atoms with Crippen LogP contribution in [0.4, 0.5) is 0 Å². The van der Waals surface area contributed by atoms with Gasteiger partial charge >= 0.3 is 0 Å². The molecule has 1 saturated carbocycles. The molecule has 8 heteroatoms. The average Bonchev–Trinajstić information content (AvgIpc) is 2.79. The first-order valence-corrected chi connectivity index (χ1v) is 11.6. The molecule has 0 radical (unpaired) electrons. The van der Waals surface area contributed by atoms with Gasteiger partial charge in [-0.3, -0.25) is 14.6 Å². The molecule has 1 fully saturated rings. The van der Waals surface area contributed by atoms with E-state index in [1.54, 1.807) is 34.5 Å². The summed E-state index contributed by atoms with van der Waals surface area (Å²) in [5.41, 5.74) is 2.04. The smallest absolute Gasteiger partial charge is 0.259 e. The van der Waals surface area contributed by atoms with E-state index in [1.165, 1.54) is 0 Å². The number of pyridine rings is 2. The van der Waals surface area contributed by atoms with Gasteiger partial charge in [0.05, 0.1) is 19.2 Å². The first kappa shape index (κ1) is 23.2. The molecule has 4 rings (SSSR count). The third-order valence-corrected chi connectivity index (χ3v) is 6.82. The topological polar surface area (TPSA) is 95.9 Å². The summed E-state index contributed by atoms with van der Waals surface area (Å²) in [4.78, 5) is 38.2. The van der Waals surface area contributed by atoms with Crippen molar-refractivity contribution < 1.29 is 19.4 Å². The van der Waals surface area contributed by atoms with Crippen molar-refractivity contribution in [2.45, 2.75) is 45.3 Å². The number of ether oxygens (including phenoxy) is 1. The summed E-state index contributed by atoms with van der Waals surface area (Å²) in [6, 6.07) is 5.15. The molecular formula is C25H32N4O4. The lowest BCUT2D eigenvalue weighted by Gasteiger charge is -2.38. The Kier molecular flexibility index (Phi) is 6.93. The minimum absolute atomic E-state index is 0.0607. The highest BCUT2D eigenvalue weighted by atomic mass is 16.5. The Morgan fingerprint density at radius 1 is 1.30 bits per heavy atom. The number of aliphatic hydroxyl groups excluding tert-OH is 1. The van der Waals surface area contributed by atoms with E-state index in [0.29, 0.717) is 18.7 Å². The Morgan fingerprint density at radius 3 is 2.67 bits per heavy atom. The number of fused-ring (bicyclic) bond motifs is 1. The van der Waals surface area contributed by atoms with Crippen molar-refractivity contribution in [2.75, 3.05) is 26.7 Å². The van der Waals surface area contributed by atoms with Crippen molar-refractivity contribution in [3.8, 4) is 17.0 Å². The van der Waals surface area contributed by atoms with Gasteiger partial charge in [0.2, 0.25) is 11.8 Å². The predicted octanol–water partition coefficient (Wildman–Crippen LogP) is 2.62. The van der Waals surface area contributed by atoms with Crippen LogP contribution in [0.15, 0.2) is 36.8 Å². The van der Waals surface area contributed by atoms with Gasteiger partial charge in [-0.05, 0) is 43.5 Å². The van der Waals surface area contributed by atoms with Crippen LogP contribution in [0.2, 0.25) is 0 Å². The number of carbonyl (C=O) groups excluding carboxylic acids is 2. The maximum absolute atomic E-state index is 13.5. The van der Waals surface area contributed by atoms with Crippen LogP contribution in [0.1, 0.15) is 43.5 Å². The number of hydrogen-bond donors (Lipinski definition) is 1. The Labute approximate surface area is 194 Å². The van der Waals surface area contributed by atoms with Crippen molar-refractivity contribution in [2.24, 2.45) is 11.8 Å². The molecule has 0 unspecified atom stereocenters. The van der Waals surface area contributed by atoms with Crippen molar-refractivity contribution in [3.05, 3.63) is 42.4 Å². The molecule has 0 bridgehead atoms. The average molecular weight is 453 g/mol. The summed E-state index contributed by atoms with van der Waals surface area (Å²) in [6.07, 6.45) is 7.74. The quantitative estimate of drug-likeness (QED) is 0.724. The van der Waals surface area contributed by atoms with Crippen molar-refractivity contribution in [1.82, 2.24) is 19.8 Å². The van der Waals surface area contributed by atoms with Gasteiger partial charge in [0.25, 0.3) is 5.91 Å². The van der Waals surface area contributed by atoms with E-state index in [4.69, 9.17) is 4.74 Å². The third-order valence-electron chi connectivity index (χ3n) is 6.82. The van der Waals surface area contributed by atoms with E-state index in [0.717, 1.165) is 30.4 Å². The largest absolute Gasteiger partial charge is 0.472 e. The molecule has 2 amide bonds. The van der Waals surface area contributed by atoms with Gasteiger partial charge in [-0.2, -0.15) is 0 Å². The molecule has 3 heterocycles. The number of amides is 2. The summed E-state index contributed by atoms with van der Waals surface area (Å²) >= 11 is 0. The second kappa shape index (κ2) is 9.87. The van der Waals surface area contributed by atoms with E-state index in [-0.39, 0.29) is 48.3 Å². The lowest BCUT2D eigenvalue weighted by molar-refractivity contribution is -0.138. The highest BCUT2D eigenvalue weighted by Crippen LogP contribution is 2.31. The van der Waals surface area contributed by atoms with E-state index in [2.05, 4.69) is 9.97 Å². The van der Waals surface area contributed by atoms with Crippen LogP contribution in [0, 0.1) is 11.8 Å². The normalized spacial score (nSPS) is 21.8. The van der Waals surface area contributed by atoms with Gasteiger partial charge in [-0.15, -0.1) is 0 Å². The minimum Gasteiger partial charge on any atom is -0.472 e. The summed E-state index contributed by atoms with van der Waals surface area (Å²) in [5.74, 6) is 0.235. The molecule has 1 aliphatic heterocycles. The summed E-state index contributed by atoms with van der Waals surface area (Å²) in [5, 5.41) is 9.81. The molecule has 0 aromatic carbocycles. The lowest BCUT2D eigenvalue weighted by Crippen LogP contribution is -2.51. The number of nitrogens with zero attached hydrogens (tertiary/aromatic N) is 4. The first-order chi connectivity index (χ1) is 15.9. The third kappa shape index (κ3) is 4.85. The van der Waals surface area contributed by atoms with Gasteiger partial charge in [0.1, 0.15) is 11.7 Å². The number of carbonyl (C=O) groups is 2. The Balaban J connectivity index is 1.67. The zero-order valence-corrected chi connectivity index (χ0v) is 19.5. The second-order valence-electron chi connectivity index (χ2n) is 9.28. The molecule has 33 heavy (non-hydrogen) atoms. The number of aromatic nitrogens is 2. The molecule has 8 nitrogen and oxygen atoms in total. The molecule has 2 aromatic heterocycles. The van der Waals surface area contributed by atoms with Crippen LogP contribution in [-0.2, 0) is 4.79 Å². The maximum Gasteiger partial charge on any atom is 0.259 e. The van der Waals surface area contributed by atoms with E-state index < -0.39 is 0 Å². The Hall–Kier alpha value is -3.00. The van der Waals surface area contributed by atoms with Crippen LogP contribution < -0.4 is 4.74 Å². The number of aliphatic hydroxyl groups is 1. The van der Waals surface area contributed by atoms with Gasteiger partial charge in [-0.1, -0.05) is 13.3 Å². The lowest BCUT2D eigenvalue weighted by atomic mass is 9.84. The van der Waals surface area contributed by atoms with E-state index >= 15 is 0 Å². The van der Waals surface area contributed by atoms with E-state index in [1.807, 2.05) is 33.0 Å². The van der Waals surface area contributed by atoms with Gasteiger partial charge < -0.3 is 19.6 Å². The number of hydrogen-bond acceptors (Lipinski definition) is 6. The summed E-state index contributed by atoms with van der Waals surface area (Å²) < 4.78 is 6.30. The summed E-state index contributed by atoms with van der Waals surface area (Å²) in [6.45, 7) is 4.52. The second-order valence-corrected chi connectivity index (χ2v) is 9.28. The zero-order chi connectivity index (χ0) is 23.5. The molecule has 0 saturated heterocycles. The fourth-order valence-corrected chi connectivity index (χ4v) is 4.35. The standard InChI is InChI=1S/C25H32N4O4/c1-16-13-29(17(2)15-30)25(32)21-11-20(18-7-9-26-10-8-18)12-27-23(21)33-22(16)14-28(3)24(31)19-5-4-6-19/h7-12,16-17,19,22,30H,4-6,13-15H2,1-3H3/t16-,17+,22+/m1/s1. The van der Waals surface area contributed by atoms with Gasteiger partial charge in [0, 0.05) is 49.6 Å². The van der Waals surface area contributed by atoms with Crippen LogP contribution in [0.3, 0.4) is 0 Å². The molecule has 0 spiro atoms. The van der Waals surface area contributed by atoms with Crippen molar-refractivity contribution >= 4 is 11.8 Å². The zero-order valence-electron chi connectivity index (χ0n) is 19.5. The molecule has 2 aliphatic rings. The Morgan fingerprint density at radius 2 is 2.03 bits per heavy atom. The van der Waals surface area contributed by atoms with E-state index in [9.17, 15) is 14.7 Å². The fraction of sp³-hybridized carbons (Fsp3) is 0.520. The molecule has 176 valence electrons. The fourth-order valence-electron chi connectivity index (χ4n) is 4.35. The SMILES string of the molecule is C[C@@H]1CN([C@@H](C)CO)C(=O)c2cc(-c3ccncc3)cnc2O[C@H]1CN(C)C(=O)C1CCC1. The monoisotopic (exact) mass is 452 g/mol. The highest BCUT2D eigenvalue weighted by molar-refractivity contribution is 5.98. The minimum atomic E-state index is -0.356. The maximum atomic E-state index is 13.5. The van der Waals surface area contributed by atoms with Crippen LogP contribution in [-0.4, -0.2) is 75.6 Å². The summed E-state index contributed by atoms with van der Waals surface area (Å²) in [7, 11) is 1.82. The van der Waals surface area contributed by atoms with Crippen molar-refractivity contribution in [3.63, 3.8) is 0 Å². The number of likely N-dealkylation sites (N-methyl/N-ethyl adjacent to an activating group) is 1. The van der Waals surface area contributed by atoms with Crippen LogP contribution in [0.25, 0.3) is 11.1 Å². The molecule has 1 aliphatic carbocycles. The van der Waals surface area contributed by atoms with Gasteiger partial charge in [-0.25, -0.2) is 4.98 Å². The molecule has 3 atom stereocenters. The number of rotatable bonds is 6. The predicted molar refractivity (Wildman–Crippen MR) is 124 cm³/mol. The molecule has 1 N–H and O–H groups in total. The van der Waals surface area contributed by atoms with Crippen LogP contribution >= 0.6 is 0 Å².